The molecule has 2 N–H and O–H groups in total. The molecule has 0 spiro atoms. The quantitative estimate of drug-likeness (QED) is 0.437. The van der Waals surface area contributed by atoms with Gasteiger partial charge in [0.25, 0.3) is 5.56 Å². The highest BCUT2D eigenvalue weighted by Crippen LogP contribution is 2.31. The smallest absolute Gasteiger partial charge is 0.410 e. The number of pyridine rings is 1. The number of halogens is 1. The van der Waals surface area contributed by atoms with Gasteiger partial charge >= 0.3 is 12.1 Å². The van der Waals surface area contributed by atoms with E-state index in [0.29, 0.717) is 41.9 Å². The molecule has 0 aliphatic carbocycles. The predicted octanol–water partition coefficient (Wildman–Crippen LogP) is 4.89. The van der Waals surface area contributed by atoms with Crippen molar-refractivity contribution < 1.29 is 19.4 Å². The zero-order valence-electron chi connectivity index (χ0n) is 22.3. The first-order valence-corrected chi connectivity index (χ1v) is 12.8. The molecule has 2 aromatic heterocycles. The SMILES string of the molecule is Cc1cc([C@H](C)Nc2ccc(Cl)nc2C(=O)O)c2nc([C@H]3CCN(C(=O)OC(C)(C)C)C3)n(C)c(=O)c2c1. The Morgan fingerprint density at radius 1 is 1.24 bits per heavy atom. The minimum Gasteiger partial charge on any atom is -0.476 e. The second-order valence-electron chi connectivity index (χ2n) is 10.7. The molecule has 1 aliphatic rings. The third kappa shape index (κ3) is 5.60. The van der Waals surface area contributed by atoms with E-state index in [9.17, 15) is 19.5 Å². The Balaban J connectivity index is 1.73. The van der Waals surface area contributed by atoms with E-state index < -0.39 is 17.6 Å². The largest absolute Gasteiger partial charge is 0.476 e. The third-order valence-electron chi connectivity index (χ3n) is 6.50. The van der Waals surface area contributed by atoms with Crippen LogP contribution >= 0.6 is 11.6 Å². The molecule has 38 heavy (non-hydrogen) atoms. The van der Waals surface area contributed by atoms with Crippen molar-refractivity contribution in [2.24, 2.45) is 7.05 Å². The molecule has 2 atom stereocenters. The van der Waals surface area contributed by atoms with Crippen LogP contribution in [0.3, 0.4) is 0 Å². The molecule has 11 heteroatoms. The number of aromatic carboxylic acids is 1. The number of carboxylic acid groups (broad SMARTS) is 1. The summed E-state index contributed by atoms with van der Waals surface area (Å²) >= 11 is 5.90. The van der Waals surface area contributed by atoms with Crippen LogP contribution in [0, 0.1) is 6.92 Å². The zero-order chi connectivity index (χ0) is 27.9. The number of carbonyl (C=O) groups excluding carboxylic acids is 1. The van der Waals surface area contributed by atoms with Crippen molar-refractivity contribution in [2.45, 2.75) is 58.6 Å². The number of aryl methyl sites for hydroxylation is 1. The number of aromatic nitrogens is 3. The number of fused-ring (bicyclic) bond motifs is 1. The number of anilines is 1. The van der Waals surface area contributed by atoms with E-state index in [1.807, 2.05) is 40.7 Å². The average Bonchev–Trinajstić information content (AvgIpc) is 3.31. The van der Waals surface area contributed by atoms with Crippen molar-refractivity contribution in [1.82, 2.24) is 19.4 Å². The summed E-state index contributed by atoms with van der Waals surface area (Å²) in [5, 5.41) is 13.3. The molecule has 1 aromatic carbocycles. The fraction of sp³-hybridized carbons (Fsp3) is 0.444. The fourth-order valence-corrected chi connectivity index (χ4v) is 4.90. The molecule has 202 valence electrons. The van der Waals surface area contributed by atoms with Crippen molar-refractivity contribution in [2.75, 3.05) is 18.4 Å². The summed E-state index contributed by atoms with van der Waals surface area (Å²) in [7, 11) is 1.70. The first-order valence-electron chi connectivity index (χ1n) is 12.4. The van der Waals surface area contributed by atoms with Gasteiger partial charge < -0.3 is 20.1 Å². The second-order valence-corrected chi connectivity index (χ2v) is 11.1. The Labute approximate surface area is 225 Å². The summed E-state index contributed by atoms with van der Waals surface area (Å²) in [6.45, 7) is 10.1. The van der Waals surface area contributed by atoms with E-state index in [4.69, 9.17) is 21.3 Å². The van der Waals surface area contributed by atoms with Crippen molar-refractivity contribution in [3.63, 3.8) is 0 Å². The number of nitrogens with zero attached hydrogens (tertiary/aromatic N) is 4. The molecule has 0 bridgehead atoms. The first-order chi connectivity index (χ1) is 17.7. The van der Waals surface area contributed by atoms with Gasteiger partial charge in [-0.2, -0.15) is 0 Å². The summed E-state index contributed by atoms with van der Waals surface area (Å²) in [6.07, 6.45) is 0.268. The van der Waals surface area contributed by atoms with Crippen LogP contribution in [-0.4, -0.2) is 55.3 Å². The molecule has 4 rings (SSSR count). The normalized spacial score (nSPS) is 16.5. The maximum Gasteiger partial charge on any atom is 0.410 e. The van der Waals surface area contributed by atoms with Crippen LogP contribution in [0.1, 0.15) is 73.5 Å². The molecule has 1 saturated heterocycles. The summed E-state index contributed by atoms with van der Waals surface area (Å²) in [4.78, 5) is 48.3. The van der Waals surface area contributed by atoms with Gasteiger partial charge in [0, 0.05) is 31.6 Å². The van der Waals surface area contributed by atoms with Gasteiger partial charge in [0.15, 0.2) is 5.69 Å². The molecule has 3 aromatic rings. The molecule has 1 amide bonds. The van der Waals surface area contributed by atoms with Crippen LogP contribution in [-0.2, 0) is 11.8 Å². The Bertz CT molecular complexity index is 1480. The Kier molecular flexibility index (Phi) is 7.38. The first kappa shape index (κ1) is 27.4. The molecule has 0 unspecified atom stereocenters. The minimum atomic E-state index is -1.21. The monoisotopic (exact) mass is 541 g/mol. The van der Waals surface area contributed by atoms with Crippen molar-refractivity contribution in [1.29, 1.82) is 0 Å². The van der Waals surface area contributed by atoms with Crippen LogP contribution in [0.25, 0.3) is 10.9 Å². The summed E-state index contributed by atoms with van der Waals surface area (Å²) in [5.74, 6) is -0.757. The Hall–Kier alpha value is -3.66. The zero-order valence-corrected chi connectivity index (χ0v) is 23.1. The van der Waals surface area contributed by atoms with Gasteiger partial charge in [-0.25, -0.2) is 19.6 Å². The molecule has 1 aliphatic heterocycles. The van der Waals surface area contributed by atoms with Crippen LogP contribution < -0.4 is 10.9 Å². The standard InChI is InChI=1S/C27H32ClN5O5/c1-14-11-17(15(2)29-19-7-8-20(28)30-22(19)25(35)36)21-18(12-14)24(34)32(6)23(31-21)16-9-10-33(13-16)26(37)38-27(3,4)5/h7-8,11-12,15-16,29H,9-10,13H2,1-6H3,(H,35,36)/t15-,16-/m0/s1. The number of ether oxygens (including phenoxy) is 1. The highest BCUT2D eigenvalue weighted by Gasteiger charge is 2.33. The minimum absolute atomic E-state index is 0.0772. The summed E-state index contributed by atoms with van der Waals surface area (Å²) < 4.78 is 7.07. The lowest BCUT2D eigenvalue weighted by Crippen LogP contribution is -2.35. The van der Waals surface area contributed by atoms with Gasteiger partial charge in [-0.05, 0) is 64.8 Å². The van der Waals surface area contributed by atoms with E-state index in [2.05, 4.69) is 10.3 Å². The topological polar surface area (TPSA) is 127 Å². The predicted molar refractivity (Wildman–Crippen MR) is 145 cm³/mol. The van der Waals surface area contributed by atoms with Gasteiger partial charge in [-0.1, -0.05) is 17.7 Å². The molecule has 10 nitrogen and oxygen atoms in total. The van der Waals surface area contributed by atoms with Crippen molar-refractivity contribution in [3.05, 3.63) is 62.4 Å². The lowest BCUT2D eigenvalue weighted by Gasteiger charge is -2.24. The van der Waals surface area contributed by atoms with E-state index >= 15 is 0 Å². The maximum absolute atomic E-state index is 13.5. The number of carboxylic acids is 1. The number of amides is 1. The number of hydrogen-bond acceptors (Lipinski definition) is 7. The second kappa shape index (κ2) is 10.2. The van der Waals surface area contributed by atoms with E-state index in [0.717, 1.165) is 11.1 Å². The molecular weight excluding hydrogens is 510 g/mol. The van der Waals surface area contributed by atoms with E-state index in [1.54, 1.807) is 28.6 Å². The molecule has 0 saturated carbocycles. The van der Waals surface area contributed by atoms with E-state index in [-0.39, 0.29) is 28.4 Å². The number of likely N-dealkylation sites (tertiary alicyclic amines) is 1. The summed E-state index contributed by atoms with van der Waals surface area (Å²) in [6, 6.07) is 6.41. The van der Waals surface area contributed by atoms with Crippen molar-refractivity contribution in [3.8, 4) is 0 Å². The number of benzene rings is 1. The highest BCUT2D eigenvalue weighted by molar-refractivity contribution is 6.29. The lowest BCUT2D eigenvalue weighted by atomic mass is 10.00. The van der Waals surface area contributed by atoms with E-state index in [1.165, 1.54) is 6.07 Å². The number of hydrogen-bond donors (Lipinski definition) is 2. The van der Waals surface area contributed by atoms with Crippen LogP contribution in [0.2, 0.25) is 5.15 Å². The third-order valence-corrected chi connectivity index (χ3v) is 6.71. The van der Waals surface area contributed by atoms with Gasteiger partial charge in [-0.15, -0.1) is 0 Å². The Morgan fingerprint density at radius 3 is 2.61 bits per heavy atom. The lowest BCUT2D eigenvalue weighted by molar-refractivity contribution is 0.0292. The molecule has 1 fully saturated rings. The van der Waals surface area contributed by atoms with Gasteiger partial charge in [-0.3, -0.25) is 9.36 Å². The van der Waals surface area contributed by atoms with Crippen LogP contribution in [0.4, 0.5) is 10.5 Å². The molecular formula is C27H32ClN5O5. The van der Waals surface area contributed by atoms with Crippen molar-refractivity contribution >= 4 is 40.3 Å². The van der Waals surface area contributed by atoms with Gasteiger partial charge in [0.05, 0.1) is 22.6 Å². The highest BCUT2D eigenvalue weighted by atomic mass is 35.5. The Morgan fingerprint density at radius 2 is 1.95 bits per heavy atom. The molecule has 3 heterocycles. The number of nitrogens with one attached hydrogen (secondary N) is 1. The fourth-order valence-electron chi connectivity index (χ4n) is 4.75. The summed E-state index contributed by atoms with van der Waals surface area (Å²) in [5.41, 5.74) is 1.47. The average molecular weight is 542 g/mol. The molecule has 0 radical (unpaired) electrons. The van der Waals surface area contributed by atoms with Gasteiger partial charge in [0.2, 0.25) is 0 Å². The number of rotatable bonds is 5. The van der Waals surface area contributed by atoms with Crippen LogP contribution in [0.5, 0.6) is 0 Å². The van der Waals surface area contributed by atoms with Crippen LogP contribution in [0.15, 0.2) is 29.1 Å². The van der Waals surface area contributed by atoms with Gasteiger partial charge in [0.1, 0.15) is 16.6 Å². The number of carbonyl (C=O) groups is 2. The maximum atomic E-state index is 13.5.